The second-order valence-corrected chi connectivity index (χ2v) is 4.28. The predicted octanol–water partition coefficient (Wildman–Crippen LogP) is 2.31. The first-order valence-corrected chi connectivity index (χ1v) is 5.69. The van der Waals surface area contributed by atoms with E-state index in [2.05, 4.69) is 12.2 Å². The Morgan fingerprint density at radius 3 is 2.31 bits per heavy atom. The molecule has 0 aliphatic carbocycles. The zero-order valence-electron chi connectivity index (χ0n) is 10.2. The van der Waals surface area contributed by atoms with Crippen LogP contribution in [0.3, 0.4) is 0 Å². The number of rotatable bonds is 4. The van der Waals surface area contributed by atoms with E-state index in [1.54, 1.807) is 6.92 Å². The van der Waals surface area contributed by atoms with Crippen molar-refractivity contribution in [3.63, 3.8) is 0 Å². The average molecular weight is 220 g/mol. The SMILES string of the molecule is CCc1ccc(NC(=O)C(C)(N)CC)cc1. The molecule has 0 saturated heterocycles. The largest absolute Gasteiger partial charge is 0.325 e. The summed E-state index contributed by atoms with van der Waals surface area (Å²) in [6, 6.07) is 7.83. The second kappa shape index (κ2) is 5.12. The molecule has 3 heteroatoms. The Morgan fingerprint density at radius 2 is 1.88 bits per heavy atom. The van der Waals surface area contributed by atoms with Gasteiger partial charge in [0.2, 0.25) is 5.91 Å². The van der Waals surface area contributed by atoms with Crippen molar-refractivity contribution in [2.24, 2.45) is 5.73 Å². The van der Waals surface area contributed by atoms with Gasteiger partial charge in [0, 0.05) is 5.69 Å². The Bertz CT molecular complexity index is 355. The van der Waals surface area contributed by atoms with Crippen LogP contribution in [0.1, 0.15) is 32.8 Å². The van der Waals surface area contributed by atoms with Gasteiger partial charge in [-0.15, -0.1) is 0 Å². The molecule has 1 rings (SSSR count). The van der Waals surface area contributed by atoms with Gasteiger partial charge in [0.1, 0.15) is 0 Å². The standard InChI is InChI=1S/C13H20N2O/c1-4-10-6-8-11(9-7-10)15-12(16)13(3,14)5-2/h6-9H,4-5,14H2,1-3H3,(H,15,16). The summed E-state index contributed by atoms with van der Waals surface area (Å²) in [4.78, 5) is 11.8. The molecule has 1 atom stereocenters. The van der Waals surface area contributed by atoms with Crippen LogP contribution < -0.4 is 11.1 Å². The molecule has 0 aromatic heterocycles. The summed E-state index contributed by atoms with van der Waals surface area (Å²) in [5.41, 5.74) is 7.10. The number of hydrogen-bond donors (Lipinski definition) is 2. The quantitative estimate of drug-likeness (QED) is 0.818. The van der Waals surface area contributed by atoms with E-state index in [9.17, 15) is 4.79 Å². The van der Waals surface area contributed by atoms with Gasteiger partial charge in [0.25, 0.3) is 0 Å². The topological polar surface area (TPSA) is 55.1 Å². The van der Waals surface area contributed by atoms with Crippen LogP contribution >= 0.6 is 0 Å². The van der Waals surface area contributed by atoms with Gasteiger partial charge in [-0.25, -0.2) is 0 Å². The Labute approximate surface area is 97.0 Å². The number of amides is 1. The average Bonchev–Trinajstić information content (AvgIpc) is 2.30. The van der Waals surface area contributed by atoms with Crippen LogP contribution in [0.2, 0.25) is 0 Å². The van der Waals surface area contributed by atoms with E-state index in [4.69, 9.17) is 5.73 Å². The molecule has 3 nitrogen and oxygen atoms in total. The maximum Gasteiger partial charge on any atom is 0.244 e. The maximum atomic E-state index is 11.8. The normalized spacial score (nSPS) is 14.2. The monoisotopic (exact) mass is 220 g/mol. The smallest absolute Gasteiger partial charge is 0.244 e. The van der Waals surface area contributed by atoms with Gasteiger partial charge in [-0.3, -0.25) is 4.79 Å². The number of carbonyl (C=O) groups excluding carboxylic acids is 1. The zero-order valence-corrected chi connectivity index (χ0v) is 10.2. The summed E-state index contributed by atoms with van der Waals surface area (Å²) in [5.74, 6) is -0.140. The van der Waals surface area contributed by atoms with Gasteiger partial charge in [0.15, 0.2) is 0 Å². The molecule has 3 N–H and O–H groups in total. The summed E-state index contributed by atoms with van der Waals surface area (Å²) >= 11 is 0. The van der Waals surface area contributed by atoms with E-state index in [1.165, 1.54) is 5.56 Å². The number of hydrogen-bond acceptors (Lipinski definition) is 2. The van der Waals surface area contributed by atoms with Crippen LogP contribution in [0.25, 0.3) is 0 Å². The van der Waals surface area contributed by atoms with Crippen molar-refractivity contribution < 1.29 is 4.79 Å². The highest BCUT2D eigenvalue weighted by atomic mass is 16.2. The van der Waals surface area contributed by atoms with Gasteiger partial charge >= 0.3 is 0 Å². The molecule has 1 aromatic rings. The molecule has 0 aliphatic heterocycles. The van der Waals surface area contributed by atoms with Crippen molar-refractivity contribution >= 4 is 11.6 Å². The number of anilines is 1. The van der Waals surface area contributed by atoms with E-state index in [1.807, 2.05) is 31.2 Å². The van der Waals surface area contributed by atoms with Gasteiger partial charge in [0.05, 0.1) is 5.54 Å². The lowest BCUT2D eigenvalue weighted by Gasteiger charge is -2.21. The summed E-state index contributed by atoms with van der Waals surface area (Å²) in [6.45, 7) is 5.74. The van der Waals surface area contributed by atoms with E-state index >= 15 is 0 Å². The van der Waals surface area contributed by atoms with Crippen LogP contribution in [-0.4, -0.2) is 11.4 Å². The third-order valence-corrected chi connectivity index (χ3v) is 2.87. The molecule has 0 spiro atoms. The van der Waals surface area contributed by atoms with E-state index < -0.39 is 5.54 Å². The minimum Gasteiger partial charge on any atom is -0.325 e. The molecule has 0 saturated carbocycles. The Balaban J connectivity index is 2.70. The molecule has 0 heterocycles. The molecule has 1 aromatic carbocycles. The van der Waals surface area contributed by atoms with Gasteiger partial charge in [-0.1, -0.05) is 26.0 Å². The Kier molecular flexibility index (Phi) is 4.07. The number of nitrogens with one attached hydrogen (secondary N) is 1. The molecule has 0 radical (unpaired) electrons. The highest BCUT2D eigenvalue weighted by molar-refractivity contribution is 5.97. The minimum absolute atomic E-state index is 0.140. The fraction of sp³-hybridized carbons (Fsp3) is 0.462. The van der Waals surface area contributed by atoms with E-state index in [0.29, 0.717) is 6.42 Å². The van der Waals surface area contributed by atoms with Crippen LogP contribution in [-0.2, 0) is 11.2 Å². The summed E-state index contributed by atoms with van der Waals surface area (Å²) in [5, 5.41) is 2.82. The van der Waals surface area contributed by atoms with Crippen molar-refractivity contribution in [1.29, 1.82) is 0 Å². The van der Waals surface area contributed by atoms with Crippen LogP contribution in [0.4, 0.5) is 5.69 Å². The van der Waals surface area contributed by atoms with Crippen molar-refractivity contribution in [2.75, 3.05) is 5.32 Å². The van der Waals surface area contributed by atoms with E-state index in [-0.39, 0.29) is 5.91 Å². The highest BCUT2D eigenvalue weighted by Gasteiger charge is 2.25. The first-order valence-electron chi connectivity index (χ1n) is 5.69. The molecule has 0 aliphatic rings. The number of carbonyl (C=O) groups is 1. The first-order chi connectivity index (χ1) is 7.49. The van der Waals surface area contributed by atoms with Gasteiger partial charge in [-0.05, 0) is 37.5 Å². The Hall–Kier alpha value is -1.35. The summed E-state index contributed by atoms with van der Waals surface area (Å²) in [7, 11) is 0. The third-order valence-electron chi connectivity index (χ3n) is 2.87. The lowest BCUT2D eigenvalue weighted by Crippen LogP contribution is -2.47. The molecular formula is C13H20N2O. The second-order valence-electron chi connectivity index (χ2n) is 4.28. The molecule has 88 valence electrons. The fourth-order valence-corrected chi connectivity index (χ4v) is 1.26. The van der Waals surface area contributed by atoms with Crippen molar-refractivity contribution in [3.8, 4) is 0 Å². The van der Waals surface area contributed by atoms with Gasteiger partial charge < -0.3 is 11.1 Å². The number of aryl methyl sites for hydroxylation is 1. The predicted molar refractivity (Wildman–Crippen MR) is 67.3 cm³/mol. The Morgan fingerprint density at radius 1 is 1.31 bits per heavy atom. The number of nitrogens with two attached hydrogens (primary N) is 1. The molecular weight excluding hydrogens is 200 g/mol. The van der Waals surface area contributed by atoms with Crippen LogP contribution in [0.15, 0.2) is 24.3 Å². The molecule has 1 amide bonds. The molecule has 16 heavy (non-hydrogen) atoms. The third kappa shape index (κ3) is 3.07. The molecule has 0 bridgehead atoms. The lowest BCUT2D eigenvalue weighted by atomic mass is 9.99. The molecule has 0 fully saturated rings. The highest BCUT2D eigenvalue weighted by Crippen LogP contribution is 2.13. The van der Waals surface area contributed by atoms with Crippen molar-refractivity contribution in [1.82, 2.24) is 0 Å². The fourth-order valence-electron chi connectivity index (χ4n) is 1.26. The first kappa shape index (κ1) is 12.7. The zero-order chi connectivity index (χ0) is 12.2. The van der Waals surface area contributed by atoms with Crippen LogP contribution in [0, 0.1) is 0 Å². The van der Waals surface area contributed by atoms with Crippen molar-refractivity contribution in [3.05, 3.63) is 29.8 Å². The summed E-state index contributed by atoms with van der Waals surface area (Å²) < 4.78 is 0. The van der Waals surface area contributed by atoms with Gasteiger partial charge in [-0.2, -0.15) is 0 Å². The maximum absolute atomic E-state index is 11.8. The van der Waals surface area contributed by atoms with E-state index in [0.717, 1.165) is 12.1 Å². The van der Waals surface area contributed by atoms with Crippen molar-refractivity contribution in [2.45, 2.75) is 39.2 Å². The minimum atomic E-state index is -0.802. The number of benzene rings is 1. The van der Waals surface area contributed by atoms with Crippen LogP contribution in [0.5, 0.6) is 0 Å². The summed E-state index contributed by atoms with van der Waals surface area (Å²) in [6.07, 6.45) is 1.61. The molecule has 1 unspecified atom stereocenters. The lowest BCUT2D eigenvalue weighted by molar-refractivity contribution is -0.120.